The van der Waals surface area contributed by atoms with Gasteiger partial charge in [0, 0.05) is 24.0 Å². The minimum Gasteiger partial charge on any atom is -0.343 e. The highest BCUT2D eigenvalue weighted by atomic mass is 32.2. The van der Waals surface area contributed by atoms with E-state index in [1.54, 1.807) is 16.9 Å². The molecule has 4 rings (SSSR count). The summed E-state index contributed by atoms with van der Waals surface area (Å²) in [5, 5.41) is 9.96. The van der Waals surface area contributed by atoms with Gasteiger partial charge in [-0.05, 0) is 43.9 Å². The van der Waals surface area contributed by atoms with Gasteiger partial charge < -0.3 is 4.57 Å². The predicted molar refractivity (Wildman–Crippen MR) is 110 cm³/mol. The Kier molecular flexibility index (Phi) is 5.12. The van der Waals surface area contributed by atoms with E-state index in [4.69, 9.17) is 5.14 Å². The van der Waals surface area contributed by atoms with Gasteiger partial charge in [-0.15, -0.1) is 0 Å². The Labute approximate surface area is 166 Å². The zero-order valence-corrected chi connectivity index (χ0v) is 16.9. The Hall–Kier alpha value is -2.38. The molecule has 0 bridgehead atoms. The van der Waals surface area contributed by atoms with E-state index < -0.39 is 10.0 Å². The molecule has 0 amide bonds. The summed E-state index contributed by atoms with van der Waals surface area (Å²) in [5.41, 5.74) is 3.41. The number of hydrogen-bond donors (Lipinski definition) is 1. The summed E-state index contributed by atoms with van der Waals surface area (Å²) < 4.78 is 28.1. The van der Waals surface area contributed by atoms with Gasteiger partial charge in [0.2, 0.25) is 10.0 Å². The molecule has 1 aromatic carbocycles. The molecule has 2 heterocycles. The van der Waals surface area contributed by atoms with Crippen LogP contribution in [0.2, 0.25) is 0 Å². The van der Waals surface area contributed by atoms with Crippen LogP contribution in [0, 0.1) is 12.8 Å². The average Bonchev–Trinajstić information content (AvgIpc) is 3.29. The molecule has 1 aliphatic carbocycles. The Bertz CT molecular complexity index is 1060. The molecule has 0 atom stereocenters. The molecule has 2 N–H and O–H groups in total. The molecule has 0 saturated heterocycles. The van der Waals surface area contributed by atoms with E-state index in [0.717, 1.165) is 23.5 Å². The van der Waals surface area contributed by atoms with Gasteiger partial charge in [-0.2, -0.15) is 5.10 Å². The van der Waals surface area contributed by atoms with Crippen molar-refractivity contribution < 1.29 is 8.42 Å². The monoisotopic (exact) mass is 398 g/mol. The highest BCUT2D eigenvalue weighted by Gasteiger charge is 2.24. The Morgan fingerprint density at radius 2 is 1.86 bits per heavy atom. The lowest BCUT2D eigenvalue weighted by molar-refractivity contribution is 0.318. The van der Waals surface area contributed by atoms with Crippen LogP contribution >= 0.6 is 0 Å². The first-order chi connectivity index (χ1) is 13.4. The minimum atomic E-state index is -3.78. The highest BCUT2D eigenvalue weighted by Crippen LogP contribution is 2.32. The number of primary sulfonamides is 1. The molecule has 3 aromatic rings. The molecule has 28 heavy (non-hydrogen) atoms. The topological polar surface area (TPSA) is 82.9 Å². The molecule has 2 aromatic heterocycles. The zero-order chi connectivity index (χ0) is 19.7. The summed E-state index contributed by atoms with van der Waals surface area (Å²) in [4.78, 5) is 0.200. The molecule has 0 aliphatic heterocycles. The van der Waals surface area contributed by atoms with E-state index in [1.807, 2.05) is 43.5 Å². The first-order valence-corrected chi connectivity index (χ1v) is 11.3. The van der Waals surface area contributed by atoms with Crippen molar-refractivity contribution >= 4 is 10.0 Å². The maximum Gasteiger partial charge on any atom is 0.239 e. The van der Waals surface area contributed by atoms with Crippen LogP contribution in [-0.4, -0.2) is 22.8 Å². The third-order valence-corrected chi connectivity index (χ3v) is 6.72. The van der Waals surface area contributed by atoms with E-state index in [0.29, 0.717) is 11.6 Å². The van der Waals surface area contributed by atoms with Gasteiger partial charge in [-0.25, -0.2) is 18.2 Å². The molecule has 0 unspecified atom stereocenters. The largest absolute Gasteiger partial charge is 0.343 e. The van der Waals surface area contributed by atoms with Crippen LogP contribution in [0.1, 0.15) is 37.8 Å². The van der Waals surface area contributed by atoms with Crippen molar-refractivity contribution in [3.05, 3.63) is 54.5 Å². The van der Waals surface area contributed by atoms with Crippen molar-refractivity contribution in [3.63, 3.8) is 0 Å². The highest BCUT2D eigenvalue weighted by molar-refractivity contribution is 7.89. The maximum absolute atomic E-state index is 12.1. The number of aromatic nitrogens is 3. The molecular formula is C21H26N4O2S. The van der Waals surface area contributed by atoms with Crippen LogP contribution in [0.15, 0.2) is 53.7 Å². The van der Waals surface area contributed by atoms with Crippen molar-refractivity contribution in [3.8, 4) is 16.9 Å². The Morgan fingerprint density at radius 3 is 2.54 bits per heavy atom. The van der Waals surface area contributed by atoms with Crippen LogP contribution in [0.4, 0.5) is 0 Å². The second-order valence-electron chi connectivity index (χ2n) is 7.65. The summed E-state index contributed by atoms with van der Waals surface area (Å²) in [6, 6.07) is 11.6. The summed E-state index contributed by atoms with van der Waals surface area (Å²) in [6.07, 6.45) is 9.87. The minimum absolute atomic E-state index is 0.200. The van der Waals surface area contributed by atoms with Gasteiger partial charge in [0.15, 0.2) is 0 Å². The number of hydrogen-bond acceptors (Lipinski definition) is 3. The quantitative estimate of drug-likeness (QED) is 0.708. The van der Waals surface area contributed by atoms with Crippen molar-refractivity contribution in [2.45, 2.75) is 50.5 Å². The van der Waals surface area contributed by atoms with Crippen molar-refractivity contribution in [2.75, 3.05) is 0 Å². The van der Waals surface area contributed by atoms with Gasteiger partial charge in [-0.1, -0.05) is 37.5 Å². The normalized spacial score (nSPS) is 15.8. The summed E-state index contributed by atoms with van der Waals surface area (Å²) >= 11 is 0. The fraction of sp³-hybridized carbons (Fsp3) is 0.381. The molecule has 6 nitrogen and oxygen atoms in total. The molecule has 1 fully saturated rings. The van der Waals surface area contributed by atoms with Crippen LogP contribution in [0.5, 0.6) is 0 Å². The molecule has 0 radical (unpaired) electrons. The van der Waals surface area contributed by atoms with E-state index in [2.05, 4.69) is 9.67 Å². The van der Waals surface area contributed by atoms with Crippen LogP contribution in [-0.2, 0) is 16.6 Å². The number of benzene rings is 1. The molecule has 0 spiro atoms. The fourth-order valence-electron chi connectivity index (χ4n) is 4.19. The SMILES string of the molecule is Cc1c(S(N)(=O)=O)cc(-c2cnn(-c3ccccc3)c2)n1CC1CCCCC1. The third kappa shape index (κ3) is 3.77. The second-order valence-corrected chi connectivity index (χ2v) is 9.18. The number of nitrogens with two attached hydrogens (primary N) is 1. The lowest BCUT2D eigenvalue weighted by atomic mass is 9.89. The molecule has 1 saturated carbocycles. The average molecular weight is 399 g/mol. The lowest BCUT2D eigenvalue weighted by Crippen LogP contribution is -2.17. The van der Waals surface area contributed by atoms with E-state index >= 15 is 0 Å². The number of nitrogens with zero attached hydrogens (tertiary/aromatic N) is 3. The predicted octanol–water partition coefficient (Wildman–Crippen LogP) is 3.88. The second kappa shape index (κ2) is 7.56. The van der Waals surface area contributed by atoms with Gasteiger partial charge in [0.05, 0.1) is 17.6 Å². The van der Waals surface area contributed by atoms with Crippen LogP contribution < -0.4 is 5.14 Å². The Morgan fingerprint density at radius 1 is 1.14 bits per heavy atom. The maximum atomic E-state index is 12.1. The van der Waals surface area contributed by atoms with E-state index in [-0.39, 0.29) is 4.90 Å². The summed E-state index contributed by atoms with van der Waals surface area (Å²) in [6.45, 7) is 2.65. The number of para-hydroxylation sites is 1. The first-order valence-electron chi connectivity index (χ1n) is 9.77. The molecule has 7 heteroatoms. The standard InChI is InChI=1S/C21H26N4O2S/c1-16-21(28(22,26)27)12-20(24(16)14-17-8-4-2-5-9-17)18-13-23-25(15-18)19-10-6-3-7-11-19/h3,6-7,10-13,15,17H,2,4-5,8-9,14H2,1H3,(H2,22,26,27). The van der Waals surface area contributed by atoms with E-state index in [9.17, 15) is 8.42 Å². The first kappa shape index (κ1) is 19.0. The fourth-order valence-corrected chi connectivity index (χ4v) is 4.99. The van der Waals surface area contributed by atoms with Crippen molar-refractivity contribution in [1.82, 2.24) is 14.3 Å². The van der Waals surface area contributed by atoms with Gasteiger partial charge in [-0.3, -0.25) is 0 Å². The zero-order valence-electron chi connectivity index (χ0n) is 16.1. The molecule has 148 valence electrons. The summed E-state index contributed by atoms with van der Waals surface area (Å²) in [5.74, 6) is 0.566. The van der Waals surface area contributed by atoms with Gasteiger partial charge >= 0.3 is 0 Å². The van der Waals surface area contributed by atoms with Crippen molar-refractivity contribution in [1.29, 1.82) is 0 Å². The van der Waals surface area contributed by atoms with Gasteiger partial charge in [0.25, 0.3) is 0 Å². The van der Waals surface area contributed by atoms with E-state index in [1.165, 1.54) is 32.1 Å². The Balaban J connectivity index is 1.76. The van der Waals surface area contributed by atoms with Crippen molar-refractivity contribution in [2.24, 2.45) is 11.1 Å². The van der Waals surface area contributed by atoms with Gasteiger partial charge in [0.1, 0.15) is 4.90 Å². The van der Waals surface area contributed by atoms with Crippen LogP contribution in [0.3, 0.4) is 0 Å². The smallest absolute Gasteiger partial charge is 0.239 e. The third-order valence-electron chi connectivity index (χ3n) is 5.69. The van der Waals surface area contributed by atoms with Crippen LogP contribution in [0.25, 0.3) is 16.9 Å². The molecular weight excluding hydrogens is 372 g/mol. The number of rotatable bonds is 5. The lowest BCUT2D eigenvalue weighted by Gasteiger charge is -2.24. The number of sulfonamides is 1. The summed E-state index contributed by atoms with van der Waals surface area (Å²) in [7, 11) is -3.78. The molecule has 1 aliphatic rings.